The van der Waals surface area contributed by atoms with Crippen molar-refractivity contribution < 1.29 is 9.90 Å². The normalized spacial score (nSPS) is 18.7. The Morgan fingerprint density at radius 1 is 1.27 bits per heavy atom. The molecule has 0 aromatic heterocycles. The summed E-state index contributed by atoms with van der Waals surface area (Å²) in [4.78, 5) is 21.1. The number of carbonyl (C=O) groups is 1. The number of hydrogen-bond donors (Lipinski definition) is 3. The summed E-state index contributed by atoms with van der Waals surface area (Å²) < 4.78 is 0. The molecule has 26 heavy (non-hydrogen) atoms. The van der Waals surface area contributed by atoms with Crippen molar-refractivity contribution in [2.75, 3.05) is 39.3 Å². The van der Waals surface area contributed by atoms with Gasteiger partial charge in [0.05, 0.1) is 13.1 Å². The first-order valence-electron chi connectivity index (χ1n) is 9.47. The summed E-state index contributed by atoms with van der Waals surface area (Å²) in [5.41, 5.74) is 0.982. The molecule has 2 fully saturated rings. The van der Waals surface area contributed by atoms with Crippen LogP contribution in [-0.2, 0) is 11.3 Å². The molecule has 0 radical (unpaired) electrons. The average molecular weight is 359 g/mol. The van der Waals surface area contributed by atoms with E-state index in [9.17, 15) is 9.90 Å². The topological polar surface area (TPSA) is 80.2 Å². The van der Waals surface area contributed by atoms with Gasteiger partial charge in [0.25, 0.3) is 0 Å². The standard InChI is InChI=1S/C19H29N5O2/c1-2-20-19(21-13-15-4-3-5-17(25)12-15)24-10-8-23(9-11-24)14-18(26)22-16-6-7-16/h3-5,12,16,25H,2,6-11,13-14H2,1H3,(H,20,21)(H,22,26). The lowest BCUT2D eigenvalue weighted by atomic mass is 10.2. The van der Waals surface area contributed by atoms with E-state index in [4.69, 9.17) is 4.99 Å². The van der Waals surface area contributed by atoms with Crippen LogP contribution in [0.15, 0.2) is 29.3 Å². The Hall–Kier alpha value is -2.28. The fourth-order valence-corrected chi connectivity index (χ4v) is 3.07. The molecule has 0 atom stereocenters. The van der Waals surface area contributed by atoms with Crippen LogP contribution in [0.1, 0.15) is 25.3 Å². The largest absolute Gasteiger partial charge is 0.508 e. The Labute approximate surface area is 155 Å². The van der Waals surface area contributed by atoms with Crippen LogP contribution < -0.4 is 10.6 Å². The maximum atomic E-state index is 11.9. The number of nitrogens with zero attached hydrogens (tertiary/aromatic N) is 3. The van der Waals surface area contributed by atoms with E-state index >= 15 is 0 Å². The predicted molar refractivity (Wildman–Crippen MR) is 102 cm³/mol. The van der Waals surface area contributed by atoms with Gasteiger partial charge in [0.1, 0.15) is 5.75 Å². The summed E-state index contributed by atoms with van der Waals surface area (Å²) in [6.45, 7) is 7.29. The van der Waals surface area contributed by atoms with Gasteiger partial charge in [-0.1, -0.05) is 12.1 Å². The molecule has 2 aliphatic rings. The van der Waals surface area contributed by atoms with Crippen LogP contribution in [-0.4, -0.2) is 72.1 Å². The van der Waals surface area contributed by atoms with Crippen molar-refractivity contribution >= 4 is 11.9 Å². The van der Waals surface area contributed by atoms with Crippen LogP contribution in [0.2, 0.25) is 0 Å². The van der Waals surface area contributed by atoms with Gasteiger partial charge in [0.2, 0.25) is 5.91 Å². The van der Waals surface area contributed by atoms with Crippen LogP contribution in [0, 0.1) is 0 Å². The number of piperazine rings is 1. The van der Waals surface area contributed by atoms with Crippen molar-refractivity contribution in [3.8, 4) is 5.75 Å². The van der Waals surface area contributed by atoms with Gasteiger partial charge in [0.15, 0.2) is 5.96 Å². The van der Waals surface area contributed by atoms with Gasteiger partial charge >= 0.3 is 0 Å². The van der Waals surface area contributed by atoms with Crippen LogP contribution in [0.3, 0.4) is 0 Å². The van der Waals surface area contributed by atoms with Crippen molar-refractivity contribution in [3.05, 3.63) is 29.8 Å². The molecule has 142 valence electrons. The highest BCUT2D eigenvalue weighted by molar-refractivity contribution is 5.80. The van der Waals surface area contributed by atoms with Crippen molar-refractivity contribution in [1.29, 1.82) is 0 Å². The maximum Gasteiger partial charge on any atom is 0.234 e. The molecular weight excluding hydrogens is 330 g/mol. The fraction of sp³-hybridized carbons (Fsp3) is 0.579. The van der Waals surface area contributed by atoms with E-state index < -0.39 is 0 Å². The van der Waals surface area contributed by atoms with Gasteiger partial charge in [-0.25, -0.2) is 4.99 Å². The first-order chi connectivity index (χ1) is 12.6. The van der Waals surface area contributed by atoms with Gasteiger partial charge in [-0.2, -0.15) is 0 Å². The third-order valence-electron chi connectivity index (χ3n) is 4.64. The molecule has 0 unspecified atom stereocenters. The smallest absolute Gasteiger partial charge is 0.234 e. The Balaban J connectivity index is 1.50. The number of guanidine groups is 1. The molecule has 1 aromatic carbocycles. The maximum absolute atomic E-state index is 11.9. The van der Waals surface area contributed by atoms with E-state index in [1.807, 2.05) is 12.1 Å². The predicted octanol–water partition coefficient (Wildman–Crippen LogP) is 0.754. The van der Waals surface area contributed by atoms with Crippen LogP contribution in [0.25, 0.3) is 0 Å². The number of phenols is 1. The highest BCUT2D eigenvalue weighted by Crippen LogP contribution is 2.18. The molecule has 7 heteroatoms. The van der Waals surface area contributed by atoms with Gasteiger partial charge in [0, 0.05) is 38.8 Å². The number of nitrogens with one attached hydrogen (secondary N) is 2. The molecule has 1 aliphatic carbocycles. The van der Waals surface area contributed by atoms with Crippen LogP contribution in [0.5, 0.6) is 5.75 Å². The molecule has 0 spiro atoms. The van der Waals surface area contributed by atoms with Crippen LogP contribution >= 0.6 is 0 Å². The molecule has 1 amide bonds. The minimum absolute atomic E-state index is 0.144. The zero-order chi connectivity index (χ0) is 18.4. The Kier molecular flexibility index (Phi) is 6.33. The zero-order valence-electron chi connectivity index (χ0n) is 15.4. The summed E-state index contributed by atoms with van der Waals surface area (Å²) in [5, 5.41) is 16.0. The van der Waals surface area contributed by atoms with Crippen molar-refractivity contribution in [2.24, 2.45) is 4.99 Å². The molecule has 1 aliphatic heterocycles. The van der Waals surface area contributed by atoms with E-state index in [1.165, 1.54) is 0 Å². The van der Waals surface area contributed by atoms with Gasteiger partial charge in [-0.05, 0) is 37.5 Å². The number of rotatable bonds is 6. The summed E-state index contributed by atoms with van der Waals surface area (Å²) >= 11 is 0. The Morgan fingerprint density at radius 2 is 2.04 bits per heavy atom. The third kappa shape index (κ3) is 5.62. The van der Waals surface area contributed by atoms with E-state index in [0.717, 1.165) is 57.1 Å². The first kappa shape index (κ1) is 18.5. The summed E-state index contributed by atoms with van der Waals surface area (Å²) in [5.74, 6) is 1.30. The lowest BCUT2D eigenvalue weighted by Crippen LogP contribution is -2.54. The lowest BCUT2D eigenvalue weighted by Gasteiger charge is -2.36. The number of aromatic hydroxyl groups is 1. The number of aliphatic imine (C=N–C) groups is 1. The number of amides is 1. The average Bonchev–Trinajstić information content (AvgIpc) is 3.43. The second kappa shape index (κ2) is 8.89. The minimum atomic E-state index is 0.144. The minimum Gasteiger partial charge on any atom is -0.508 e. The van der Waals surface area contributed by atoms with E-state index in [2.05, 4.69) is 27.4 Å². The third-order valence-corrected chi connectivity index (χ3v) is 4.64. The first-order valence-corrected chi connectivity index (χ1v) is 9.47. The highest BCUT2D eigenvalue weighted by atomic mass is 16.3. The summed E-state index contributed by atoms with van der Waals surface area (Å²) in [6.07, 6.45) is 2.25. The SMILES string of the molecule is CCNC(=NCc1cccc(O)c1)N1CCN(CC(=O)NC2CC2)CC1. The molecular formula is C19H29N5O2. The second-order valence-electron chi connectivity index (χ2n) is 6.95. The van der Waals surface area contributed by atoms with Crippen molar-refractivity contribution in [3.63, 3.8) is 0 Å². The Bertz CT molecular complexity index is 637. The highest BCUT2D eigenvalue weighted by Gasteiger charge is 2.25. The molecule has 3 rings (SSSR count). The molecule has 0 bridgehead atoms. The van der Waals surface area contributed by atoms with Gasteiger partial charge in [-0.15, -0.1) is 0 Å². The second-order valence-corrected chi connectivity index (χ2v) is 6.95. The van der Waals surface area contributed by atoms with Gasteiger partial charge in [-0.3, -0.25) is 9.69 Å². The number of benzene rings is 1. The van der Waals surface area contributed by atoms with E-state index in [0.29, 0.717) is 19.1 Å². The fourth-order valence-electron chi connectivity index (χ4n) is 3.07. The molecule has 1 saturated heterocycles. The van der Waals surface area contributed by atoms with E-state index in [1.54, 1.807) is 12.1 Å². The summed E-state index contributed by atoms with van der Waals surface area (Å²) in [7, 11) is 0. The number of carbonyl (C=O) groups excluding carboxylic acids is 1. The van der Waals surface area contributed by atoms with Crippen molar-refractivity contribution in [2.45, 2.75) is 32.4 Å². The van der Waals surface area contributed by atoms with Gasteiger partial charge < -0.3 is 20.6 Å². The summed E-state index contributed by atoms with van der Waals surface area (Å²) in [6, 6.07) is 7.62. The van der Waals surface area contributed by atoms with Crippen LogP contribution in [0.4, 0.5) is 0 Å². The number of hydrogen-bond acceptors (Lipinski definition) is 4. The molecule has 3 N–H and O–H groups in total. The number of phenolic OH excluding ortho intramolecular Hbond substituents is 1. The molecule has 1 saturated carbocycles. The quantitative estimate of drug-likeness (QED) is 0.516. The molecule has 7 nitrogen and oxygen atoms in total. The lowest BCUT2D eigenvalue weighted by molar-refractivity contribution is -0.122. The van der Waals surface area contributed by atoms with E-state index in [-0.39, 0.29) is 11.7 Å². The Morgan fingerprint density at radius 3 is 2.69 bits per heavy atom. The zero-order valence-corrected chi connectivity index (χ0v) is 15.4. The molecule has 1 aromatic rings. The monoisotopic (exact) mass is 359 g/mol. The van der Waals surface area contributed by atoms with Crippen molar-refractivity contribution in [1.82, 2.24) is 20.4 Å². The molecule has 1 heterocycles.